The lowest BCUT2D eigenvalue weighted by molar-refractivity contribution is -0.143. The molecule has 0 aliphatic heterocycles. The van der Waals surface area contributed by atoms with Gasteiger partial charge in [0.1, 0.15) is 27.4 Å². The van der Waals surface area contributed by atoms with Crippen molar-refractivity contribution in [1.29, 1.82) is 5.41 Å². The molecular formula is C22H25F3N6O6S2. The number of benzene rings is 1. The van der Waals surface area contributed by atoms with E-state index in [1.54, 1.807) is 24.3 Å². The van der Waals surface area contributed by atoms with Gasteiger partial charge in [-0.1, -0.05) is 12.1 Å². The Balaban J connectivity index is 1.62. The Morgan fingerprint density at radius 1 is 1.23 bits per heavy atom. The predicted molar refractivity (Wildman–Crippen MR) is 135 cm³/mol. The van der Waals surface area contributed by atoms with Gasteiger partial charge in [0.2, 0.25) is 5.96 Å². The van der Waals surface area contributed by atoms with Crippen LogP contribution < -0.4 is 20.7 Å². The number of halogens is 3. The fourth-order valence-electron chi connectivity index (χ4n) is 3.29. The molecule has 2 aromatic heterocycles. The van der Waals surface area contributed by atoms with Gasteiger partial charge >= 0.3 is 12.1 Å². The molecule has 0 unspecified atom stereocenters. The summed E-state index contributed by atoms with van der Waals surface area (Å²) in [4.78, 5) is 16.9. The number of rotatable bonds is 13. The Bertz CT molecular complexity index is 1410. The minimum Gasteiger partial charge on any atom is -0.494 e. The molecule has 0 bridgehead atoms. The Morgan fingerprint density at radius 3 is 2.51 bits per heavy atom. The van der Waals surface area contributed by atoms with Crippen LogP contribution in [0.4, 0.5) is 13.2 Å². The minimum absolute atomic E-state index is 0.0615. The van der Waals surface area contributed by atoms with Gasteiger partial charge in [-0.05, 0) is 42.3 Å². The largest absolute Gasteiger partial charge is 0.494 e. The van der Waals surface area contributed by atoms with E-state index in [4.69, 9.17) is 20.7 Å². The van der Waals surface area contributed by atoms with E-state index in [1.807, 2.05) is 0 Å². The van der Waals surface area contributed by atoms with Crippen LogP contribution in [-0.2, 0) is 39.3 Å². The molecule has 0 radical (unpaired) electrons. The zero-order valence-corrected chi connectivity index (χ0v) is 22.0. The van der Waals surface area contributed by atoms with Crippen LogP contribution in [0.1, 0.15) is 17.7 Å². The van der Waals surface area contributed by atoms with Gasteiger partial charge in [0.15, 0.2) is 0 Å². The van der Waals surface area contributed by atoms with Crippen molar-refractivity contribution < 1.29 is 41.1 Å². The maximum absolute atomic E-state index is 13.1. The molecule has 1 aromatic carbocycles. The molecule has 0 saturated carbocycles. The summed E-state index contributed by atoms with van der Waals surface area (Å²) in [5.74, 6) is -1.23. The average Bonchev–Trinajstić information content (AvgIpc) is 3.49. The zero-order valence-electron chi connectivity index (χ0n) is 20.4. The number of sulfonamides is 1. The molecule has 17 heteroatoms. The zero-order chi connectivity index (χ0) is 28.8. The molecule has 2 heterocycles. The highest BCUT2D eigenvalue weighted by atomic mass is 32.2. The maximum Gasteiger partial charge on any atom is 0.433 e. The number of nitrogens with one attached hydrogen (secondary N) is 3. The molecule has 0 aliphatic carbocycles. The monoisotopic (exact) mass is 590 g/mol. The first-order chi connectivity index (χ1) is 18.3. The molecule has 39 heavy (non-hydrogen) atoms. The van der Waals surface area contributed by atoms with Crippen LogP contribution in [0.15, 0.2) is 46.7 Å². The first kappa shape index (κ1) is 29.9. The number of hydroxylamine groups is 1. The van der Waals surface area contributed by atoms with Gasteiger partial charge in [-0.2, -0.15) is 23.0 Å². The smallest absolute Gasteiger partial charge is 0.433 e. The van der Waals surface area contributed by atoms with Crippen molar-refractivity contribution in [3.05, 3.63) is 53.7 Å². The SMILES string of the molecule is Cn1nc(-c2ccc(S(=O)(=O)N[C@@H](Cc3ccc(OCCCONC(=N)N)cc3)C(=O)O)s2)cc1C(F)(F)F. The van der Waals surface area contributed by atoms with E-state index in [-0.39, 0.29) is 33.8 Å². The third-order valence-electron chi connectivity index (χ3n) is 5.07. The minimum atomic E-state index is -4.63. The van der Waals surface area contributed by atoms with Crippen LogP contribution in [0.3, 0.4) is 0 Å². The number of aliphatic carboxylic acids is 1. The molecule has 0 amide bonds. The summed E-state index contributed by atoms with van der Waals surface area (Å²) in [6.07, 6.45) is -4.30. The quantitative estimate of drug-likeness (QED) is 0.0864. The van der Waals surface area contributed by atoms with Gasteiger partial charge in [0.25, 0.3) is 10.0 Å². The Hall–Kier alpha value is -3.67. The maximum atomic E-state index is 13.1. The molecule has 0 aliphatic rings. The summed E-state index contributed by atoms with van der Waals surface area (Å²) in [5, 5.41) is 20.4. The number of hydrogen-bond donors (Lipinski definition) is 5. The first-order valence-corrected chi connectivity index (χ1v) is 13.5. The van der Waals surface area contributed by atoms with Crippen LogP contribution in [-0.4, -0.2) is 54.5 Å². The number of carboxylic acids is 1. The highest BCUT2D eigenvalue weighted by Gasteiger charge is 2.35. The Labute approximate surface area is 225 Å². The average molecular weight is 591 g/mol. The summed E-state index contributed by atoms with van der Waals surface area (Å²) < 4.78 is 73.0. The van der Waals surface area contributed by atoms with Crippen LogP contribution >= 0.6 is 11.3 Å². The van der Waals surface area contributed by atoms with Crippen LogP contribution in [0.25, 0.3) is 10.6 Å². The van der Waals surface area contributed by atoms with Crippen LogP contribution in [0.5, 0.6) is 5.75 Å². The van der Waals surface area contributed by atoms with E-state index in [2.05, 4.69) is 15.3 Å². The number of alkyl halides is 3. The topological polar surface area (TPSA) is 182 Å². The summed E-state index contributed by atoms with van der Waals surface area (Å²) in [6, 6.07) is 8.17. The van der Waals surface area contributed by atoms with Crippen molar-refractivity contribution in [3.63, 3.8) is 0 Å². The second kappa shape index (κ2) is 12.5. The van der Waals surface area contributed by atoms with Crippen molar-refractivity contribution in [2.75, 3.05) is 13.2 Å². The summed E-state index contributed by atoms with van der Waals surface area (Å²) in [5.41, 5.74) is 6.73. The highest BCUT2D eigenvalue weighted by Crippen LogP contribution is 2.35. The van der Waals surface area contributed by atoms with Crippen molar-refractivity contribution in [1.82, 2.24) is 20.0 Å². The van der Waals surface area contributed by atoms with E-state index < -0.39 is 33.9 Å². The number of ether oxygens (including phenoxy) is 1. The lowest BCUT2D eigenvalue weighted by Crippen LogP contribution is -2.42. The van der Waals surface area contributed by atoms with Gasteiger partial charge in [0.05, 0.1) is 18.1 Å². The number of nitrogens with zero attached hydrogens (tertiary/aromatic N) is 2. The number of nitrogens with two attached hydrogens (primary N) is 1. The van der Waals surface area contributed by atoms with Gasteiger partial charge in [-0.25, -0.2) is 13.9 Å². The van der Waals surface area contributed by atoms with E-state index in [0.717, 1.165) is 13.1 Å². The number of carboxylic acid groups (broad SMARTS) is 1. The molecule has 3 rings (SSSR count). The molecule has 0 saturated heterocycles. The molecule has 0 spiro atoms. The van der Waals surface area contributed by atoms with Crippen LogP contribution in [0.2, 0.25) is 0 Å². The molecule has 6 N–H and O–H groups in total. The van der Waals surface area contributed by atoms with Crippen molar-refractivity contribution in [3.8, 4) is 16.3 Å². The molecule has 1 atom stereocenters. The Morgan fingerprint density at radius 2 is 1.92 bits per heavy atom. The van der Waals surface area contributed by atoms with E-state index in [0.29, 0.717) is 40.4 Å². The molecule has 212 valence electrons. The van der Waals surface area contributed by atoms with Crippen LogP contribution in [0, 0.1) is 5.41 Å². The lowest BCUT2D eigenvalue weighted by Gasteiger charge is -2.14. The summed E-state index contributed by atoms with van der Waals surface area (Å²) >= 11 is 0.669. The molecule has 12 nitrogen and oxygen atoms in total. The molecule has 0 fully saturated rings. The molecule has 3 aromatic rings. The third kappa shape index (κ3) is 8.41. The van der Waals surface area contributed by atoms with E-state index in [1.165, 1.54) is 12.1 Å². The number of guanidine groups is 1. The summed E-state index contributed by atoms with van der Waals surface area (Å²) in [6.45, 7) is 0.551. The standard InChI is InChI=1S/C22H25F3N6O6S2/c1-31-18(22(23,24)25)12-15(28-31)17-7-8-19(38-17)39(34,35)30-16(20(32)33)11-13-3-5-14(6-4-13)36-9-2-10-37-29-21(26)27/h3-8,12,16,30H,2,9-11H2,1H3,(H,32,33)(H4,26,27,29)/t16-/m0/s1. The normalized spacial score (nSPS) is 12.7. The number of thiophene rings is 1. The van der Waals surface area contributed by atoms with Gasteiger partial charge in [-0.3, -0.25) is 19.7 Å². The van der Waals surface area contributed by atoms with Crippen molar-refractivity contribution in [2.24, 2.45) is 12.8 Å². The van der Waals surface area contributed by atoms with Gasteiger partial charge in [-0.15, -0.1) is 11.3 Å². The number of hydrogen-bond acceptors (Lipinski definition) is 8. The lowest BCUT2D eigenvalue weighted by atomic mass is 10.1. The van der Waals surface area contributed by atoms with Gasteiger partial charge < -0.3 is 15.6 Å². The van der Waals surface area contributed by atoms with Crippen molar-refractivity contribution >= 4 is 33.3 Å². The van der Waals surface area contributed by atoms with Crippen molar-refractivity contribution in [2.45, 2.75) is 29.3 Å². The number of aromatic nitrogens is 2. The predicted octanol–water partition coefficient (Wildman–Crippen LogP) is 2.33. The van der Waals surface area contributed by atoms with E-state index >= 15 is 0 Å². The second-order valence-corrected chi connectivity index (χ2v) is 11.1. The van der Waals surface area contributed by atoms with E-state index in [9.17, 15) is 31.5 Å². The summed E-state index contributed by atoms with van der Waals surface area (Å²) in [7, 11) is -3.18. The fourth-order valence-corrected chi connectivity index (χ4v) is 5.76. The number of aryl methyl sites for hydroxylation is 1. The Kier molecular flexibility index (Phi) is 9.54. The number of carbonyl (C=O) groups is 1. The third-order valence-corrected chi connectivity index (χ3v) is 8.14. The molecular weight excluding hydrogens is 565 g/mol. The fraction of sp³-hybridized carbons (Fsp3) is 0.318. The first-order valence-electron chi connectivity index (χ1n) is 11.2. The van der Waals surface area contributed by atoms with Gasteiger partial charge in [0, 0.05) is 13.5 Å². The second-order valence-electron chi connectivity index (χ2n) is 8.08. The highest BCUT2D eigenvalue weighted by molar-refractivity contribution is 7.91.